The second-order valence-corrected chi connectivity index (χ2v) is 9.59. The fraction of sp³-hybridized carbons (Fsp3) is 0.429. The Morgan fingerprint density at radius 1 is 1.09 bits per heavy atom. The fourth-order valence-electron chi connectivity index (χ4n) is 3.51. The van der Waals surface area contributed by atoms with E-state index in [0.29, 0.717) is 21.5 Å². The van der Waals surface area contributed by atoms with Gasteiger partial charge in [0.05, 0.1) is 11.4 Å². The number of tetrazole rings is 1. The smallest absolute Gasteiger partial charge is 0.257 e. The molecule has 1 saturated heterocycles. The molecule has 12 heteroatoms. The monoisotopic (exact) mass is 486 g/mol. The zero-order valence-corrected chi connectivity index (χ0v) is 20.0. The van der Waals surface area contributed by atoms with Crippen molar-refractivity contribution in [2.75, 3.05) is 29.5 Å². The molecule has 0 radical (unpaired) electrons. The molecule has 174 valence electrons. The number of hydrogen-bond acceptors (Lipinski definition) is 9. The maximum atomic E-state index is 12.6. The lowest BCUT2D eigenvalue weighted by Crippen LogP contribution is -2.24. The Morgan fingerprint density at radius 3 is 2.55 bits per heavy atom. The van der Waals surface area contributed by atoms with Crippen LogP contribution < -0.4 is 10.6 Å². The molecule has 0 aliphatic carbocycles. The molecule has 1 fully saturated rings. The van der Waals surface area contributed by atoms with Crippen LogP contribution in [-0.2, 0) is 18.4 Å². The van der Waals surface area contributed by atoms with Crippen molar-refractivity contribution >= 4 is 45.7 Å². The summed E-state index contributed by atoms with van der Waals surface area (Å²) in [5.74, 6) is -0.228. The fourth-order valence-corrected chi connectivity index (χ4v) is 4.85. The number of amides is 2. The van der Waals surface area contributed by atoms with Gasteiger partial charge in [0.2, 0.25) is 11.1 Å². The minimum absolute atomic E-state index is 0.181. The van der Waals surface area contributed by atoms with Crippen molar-refractivity contribution < 1.29 is 9.59 Å². The lowest BCUT2D eigenvalue weighted by molar-refractivity contribution is -0.113. The van der Waals surface area contributed by atoms with E-state index in [1.54, 1.807) is 31.3 Å². The first-order valence-corrected chi connectivity index (χ1v) is 12.7. The van der Waals surface area contributed by atoms with Gasteiger partial charge in [-0.25, -0.2) is 9.67 Å². The third kappa shape index (κ3) is 6.83. The van der Waals surface area contributed by atoms with Crippen LogP contribution in [0.1, 0.15) is 41.7 Å². The van der Waals surface area contributed by atoms with Gasteiger partial charge >= 0.3 is 0 Å². The van der Waals surface area contributed by atoms with E-state index in [1.165, 1.54) is 53.5 Å². The van der Waals surface area contributed by atoms with E-state index in [2.05, 4.69) is 36.0 Å². The topological polar surface area (TPSA) is 118 Å². The molecule has 2 amide bonds. The van der Waals surface area contributed by atoms with Crippen molar-refractivity contribution in [2.24, 2.45) is 7.05 Å². The number of likely N-dealkylation sites (tertiary alicyclic amines) is 1. The quantitative estimate of drug-likeness (QED) is 0.467. The summed E-state index contributed by atoms with van der Waals surface area (Å²) in [6, 6.07) is 6.76. The summed E-state index contributed by atoms with van der Waals surface area (Å²) >= 11 is 2.68. The summed E-state index contributed by atoms with van der Waals surface area (Å²) < 4.78 is 1.51. The largest absolute Gasteiger partial charge is 0.325 e. The van der Waals surface area contributed by atoms with E-state index in [-0.39, 0.29) is 17.6 Å². The third-order valence-electron chi connectivity index (χ3n) is 5.20. The van der Waals surface area contributed by atoms with Crippen LogP contribution in [0.25, 0.3) is 0 Å². The minimum atomic E-state index is -0.228. The molecule has 3 aromatic rings. The molecule has 2 aromatic heterocycles. The van der Waals surface area contributed by atoms with Gasteiger partial charge in [-0.05, 0) is 60.6 Å². The van der Waals surface area contributed by atoms with Gasteiger partial charge in [0.1, 0.15) is 0 Å². The SMILES string of the molecule is Cn1nnnc1SCC(=O)Nc1ccc(C(=O)Nc2nc(CN3CCCCCC3)cs2)cc1. The zero-order chi connectivity index (χ0) is 23.0. The average molecular weight is 487 g/mol. The van der Waals surface area contributed by atoms with Crippen LogP contribution in [0.4, 0.5) is 10.8 Å². The summed E-state index contributed by atoms with van der Waals surface area (Å²) in [6.45, 7) is 3.04. The van der Waals surface area contributed by atoms with Gasteiger partial charge in [-0.3, -0.25) is 19.8 Å². The van der Waals surface area contributed by atoms with E-state index < -0.39 is 0 Å². The minimum Gasteiger partial charge on any atom is -0.325 e. The molecule has 0 bridgehead atoms. The molecule has 1 aliphatic heterocycles. The number of carbonyl (C=O) groups excluding carboxylic acids is 2. The predicted octanol–water partition coefficient (Wildman–Crippen LogP) is 3.03. The van der Waals surface area contributed by atoms with Gasteiger partial charge < -0.3 is 5.32 Å². The van der Waals surface area contributed by atoms with E-state index in [4.69, 9.17) is 0 Å². The molecule has 4 rings (SSSR count). The van der Waals surface area contributed by atoms with Crippen molar-refractivity contribution in [3.05, 3.63) is 40.9 Å². The van der Waals surface area contributed by atoms with Gasteiger partial charge in [0.25, 0.3) is 5.91 Å². The summed E-state index contributed by atoms with van der Waals surface area (Å²) in [5, 5.41) is 19.9. The third-order valence-corrected chi connectivity index (χ3v) is 7.02. The van der Waals surface area contributed by atoms with E-state index in [9.17, 15) is 9.59 Å². The van der Waals surface area contributed by atoms with Gasteiger partial charge in [0.15, 0.2) is 5.13 Å². The summed E-state index contributed by atoms with van der Waals surface area (Å²) in [7, 11) is 1.71. The van der Waals surface area contributed by atoms with E-state index in [1.807, 2.05) is 5.38 Å². The summed E-state index contributed by atoms with van der Waals surface area (Å²) in [4.78, 5) is 31.7. The highest BCUT2D eigenvalue weighted by molar-refractivity contribution is 7.99. The number of thiazole rings is 1. The predicted molar refractivity (Wildman–Crippen MR) is 128 cm³/mol. The number of aromatic nitrogens is 5. The number of carbonyl (C=O) groups is 2. The number of hydrogen-bond donors (Lipinski definition) is 2. The van der Waals surface area contributed by atoms with Crippen LogP contribution in [0.3, 0.4) is 0 Å². The van der Waals surface area contributed by atoms with Crippen molar-refractivity contribution in [2.45, 2.75) is 37.4 Å². The summed E-state index contributed by atoms with van der Waals surface area (Å²) in [6.07, 6.45) is 5.08. The number of rotatable bonds is 8. The first-order chi connectivity index (χ1) is 16.1. The lowest BCUT2D eigenvalue weighted by atomic mass is 10.2. The molecule has 0 unspecified atom stereocenters. The molecule has 1 aliphatic rings. The number of aryl methyl sites for hydroxylation is 1. The number of nitrogens with one attached hydrogen (secondary N) is 2. The van der Waals surface area contributed by atoms with Gasteiger partial charge in [-0.2, -0.15) is 0 Å². The number of anilines is 2. The Morgan fingerprint density at radius 2 is 1.85 bits per heavy atom. The normalized spacial score (nSPS) is 14.6. The Hall–Kier alpha value is -2.83. The highest BCUT2D eigenvalue weighted by atomic mass is 32.2. The highest BCUT2D eigenvalue weighted by Crippen LogP contribution is 2.20. The van der Waals surface area contributed by atoms with Gasteiger partial charge in [-0.1, -0.05) is 24.6 Å². The van der Waals surface area contributed by atoms with Crippen molar-refractivity contribution in [1.29, 1.82) is 0 Å². The molecule has 0 spiro atoms. The molecule has 0 saturated carbocycles. The highest BCUT2D eigenvalue weighted by Gasteiger charge is 2.14. The second-order valence-electron chi connectivity index (χ2n) is 7.79. The van der Waals surface area contributed by atoms with Crippen molar-refractivity contribution in [3.8, 4) is 0 Å². The standard InChI is InChI=1S/C21H26N8O2S2/c1-28-21(25-26-27-28)33-14-18(30)22-16-8-6-15(7-9-16)19(31)24-20-23-17(13-32-20)12-29-10-4-2-3-5-11-29/h6-9,13H,2-5,10-12,14H2,1H3,(H,22,30)(H,23,24,31). The van der Waals surface area contributed by atoms with Crippen LogP contribution in [0.2, 0.25) is 0 Å². The summed E-state index contributed by atoms with van der Waals surface area (Å²) in [5.41, 5.74) is 2.10. The molecule has 10 nitrogen and oxygen atoms in total. The maximum absolute atomic E-state index is 12.6. The molecular formula is C21H26N8O2S2. The molecule has 33 heavy (non-hydrogen) atoms. The van der Waals surface area contributed by atoms with Crippen LogP contribution in [0.15, 0.2) is 34.8 Å². The van der Waals surface area contributed by atoms with E-state index in [0.717, 1.165) is 25.3 Å². The van der Waals surface area contributed by atoms with Crippen molar-refractivity contribution in [3.63, 3.8) is 0 Å². The van der Waals surface area contributed by atoms with Crippen molar-refractivity contribution in [1.82, 2.24) is 30.1 Å². The number of benzene rings is 1. The molecule has 2 N–H and O–H groups in total. The first-order valence-electron chi connectivity index (χ1n) is 10.8. The number of nitrogens with zero attached hydrogens (tertiary/aromatic N) is 6. The first kappa shape index (κ1) is 23.3. The molecule has 1 aromatic carbocycles. The maximum Gasteiger partial charge on any atom is 0.257 e. The van der Waals surface area contributed by atoms with Crippen LogP contribution in [0, 0.1) is 0 Å². The van der Waals surface area contributed by atoms with Crippen LogP contribution in [0.5, 0.6) is 0 Å². The molecule has 3 heterocycles. The zero-order valence-electron chi connectivity index (χ0n) is 18.4. The molecule has 0 atom stereocenters. The van der Waals surface area contributed by atoms with Gasteiger partial charge in [-0.15, -0.1) is 16.4 Å². The second kappa shape index (κ2) is 11.3. The Labute approximate surface area is 200 Å². The lowest BCUT2D eigenvalue weighted by Gasteiger charge is -2.17. The van der Waals surface area contributed by atoms with E-state index >= 15 is 0 Å². The Balaban J connectivity index is 1.25. The average Bonchev–Trinajstić information content (AvgIpc) is 3.33. The Kier molecular flexibility index (Phi) is 8.02. The van der Waals surface area contributed by atoms with Crippen LogP contribution in [-0.4, -0.2) is 60.7 Å². The number of thioether (sulfide) groups is 1. The molecular weight excluding hydrogens is 460 g/mol. The Bertz CT molecular complexity index is 1070. The van der Waals surface area contributed by atoms with Crippen LogP contribution >= 0.6 is 23.1 Å². The van der Waals surface area contributed by atoms with Gasteiger partial charge in [0, 0.05) is 30.2 Å².